The molecule has 0 atom stereocenters. The van der Waals surface area contributed by atoms with E-state index in [9.17, 15) is 0 Å². The van der Waals surface area contributed by atoms with Gasteiger partial charge in [0.2, 0.25) is 0 Å². The van der Waals surface area contributed by atoms with Crippen molar-refractivity contribution >= 4 is 72.0 Å². The number of aromatic nitrogens is 1. The normalized spacial score (nSPS) is 15.2. The molecule has 2 nitrogen and oxygen atoms in total. The molecule has 2 aromatic carbocycles. The molecule has 0 saturated heterocycles. The number of allylic oxidation sites excluding steroid dienone is 4. The van der Waals surface area contributed by atoms with E-state index in [1.807, 2.05) is 11.1 Å². The third kappa shape index (κ3) is 5.49. The molecule has 0 N–H and O–H groups in total. The number of nitrogens with zero attached hydrogens (tertiary/aromatic N) is 2. The van der Waals surface area contributed by atoms with E-state index in [1.165, 1.54) is 24.6 Å². The number of benzene rings is 2. The third-order valence-electron chi connectivity index (χ3n) is 4.31. The Hall–Kier alpha value is -1.10. The van der Waals surface area contributed by atoms with Gasteiger partial charge >= 0.3 is 195 Å². The van der Waals surface area contributed by atoms with Gasteiger partial charge in [0.1, 0.15) is 0 Å². The first-order valence-corrected chi connectivity index (χ1v) is 14.1. The van der Waals surface area contributed by atoms with Crippen molar-refractivity contribution in [3.05, 3.63) is 86.1 Å². The number of halogens is 1. The first-order valence-electron chi connectivity index (χ1n) is 9.27. The average Bonchev–Trinajstić information content (AvgIpc) is 3.35. The first-order chi connectivity index (χ1) is 13.8. The molecule has 3 aromatic rings. The summed E-state index contributed by atoms with van der Waals surface area (Å²) in [6.45, 7) is 5.47. The molecule has 2 heterocycles. The molecule has 4 rings (SSSR count). The molecular weight excluding hydrogens is 589 g/mol. The van der Waals surface area contributed by atoms with Crippen LogP contribution in [-0.2, 0) is 0 Å². The van der Waals surface area contributed by atoms with Crippen molar-refractivity contribution in [2.24, 2.45) is 0 Å². The number of para-hydroxylation sites is 2. The second-order valence-corrected chi connectivity index (χ2v) is 10.8. The Labute approximate surface area is 193 Å². The van der Waals surface area contributed by atoms with E-state index in [1.54, 1.807) is 0 Å². The first kappa shape index (κ1) is 21.6. The summed E-state index contributed by atoms with van der Waals surface area (Å²) in [7, 11) is 0. The summed E-state index contributed by atoms with van der Waals surface area (Å²) in [5.74, 6) is 0. The zero-order chi connectivity index (χ0) is 19.8. The molecule has 0 fully saturated rings. The van der Waals surface area contributed by atoms with Crippen LogP contribution in [0.25, 0.3) is 9.78 Å². The Morgan fingerprint density at radius 2 is 1.89 bits per heavy atom. The van der Waals surface area contributed by atoms with E-state index >= 15 is 0 Å². The Morgan fingerprint density at radius 3 is 2.64 bits per heavy atom. The van der Waals surface area contributed by atoms with E-state index in [0.717, 1.165) is 18.5 Å². The van der Waals surface area contributed by atoms with E-state index in [-0.39, 0.29) is 0 Å². The molecule has 144 valence electrons. The van der Waals surface area contributed by atoms with Gasteiger partial charge in [0.15, 0.2) is 0 Å². The van der Waals surface area contributed by atoms with Crippen molar-refractivity contribution in [2.45, 2.75) is 20.3 Å². The number of rotatable bonds is 4. The monoisotopic (exact) mass is 614 g/mol. The molecule has 1 aliphatic heterocycles. The van der Waals surface area contributed by atoms with Gasteiger partial charge in [-0.05, 0) is 0 Å². The van der Waals surface area contributed by atoms with Gasteiger partial charge in [-0.25, -0.2) is 0 Å². The van der Waals surface area contributed by atoms with Crippen LogP contribution < -0.4 is 9.36 Å². The summed E-state index contributed by atoms with van der Waals surface area (Å²) in [5, 5.41) is 2.01. The van der Waals surface area contributed by atoms with Crippen LogP contribution in [0.2, 0.25) is 0 Å². The van der Waals surface area contributed by atoms with Crippen molar-refractivity contribution < 1.29 is 0 Å². The maximum absolute atomic E-state index is 4.20. The minimum absolute atomic E-state index is 0.440. The number of hydrogen-bond donors (Lipinski definition) is 0. The maximum atomic E-state index is 4.20. The fraction of sp³-hybridized carbons (Fsp3) is 0.174. The van der Waals surface area contributed by atoms with Crippen molar-refractivity contribution in [3.63, 3.8) is 0 Å². The molecule has 1 aromatic heterocycles. The molecular formula is C23H23IN2Se2. The van der Waals surface area contributed by atoms with Gasteiger partial charge in [-0.15, -0.1) is 0 Å². The van der Waals surface area contributed by atoms with Crippen LogP contribution in [0.5, 0.6) is 0 Å². The molecule has 0 saturated carbocycles. The Balaban J connectivity index is 0.000000206. The van der Waals surface area contributed by atoms with E-state index in [2.05, 4.69) is 111 Å². The van der Waals surface area contributed by atoms with Gasteiger partial charge < -0.3 is 0 Å². The van der Waals surface area contributed by atoms with Gasteiger partial charge in [0, 0.05) is 0 Å². The Kier molecular flexibility index (Phi) is 8.63. The summed E-state index contributed by atoms with van der Waals surface area (Å²) in [6.07, 6.45) is 7.83. The topological polar surface area (TPSA) is 16.1 Å². The van der Waals surface area contributed by atoms with Crippen molar-refractivity contribution in [3.8, 4) is 0 Å². The molecule has 0 aliphatic carbocycles. The number of hydrogen-bond acceptors (Lipinski definition) is 2. The molecule has 5 heteroatoms. The number of fused-ring (bicyclic) bond motifs is 2. The standard InChI is InChI=1S/C16H18INSe.C7H5NSe/c1-3-13(11-12-17)9-10-16-18(4-2)14-7-5-6-8-15(14)19-16;1-2-4-7-6(3-1)8-5-9-7/h5-12H,3-4H2,1-2H3;1-5H/b12-11+,13-9+,16-10+;. The summed E-state index contributed by atoms with van der Waals surface area (Å²) < 4.78 is 6.45. The predicted molar refractivity (Wildman–Crippen MR) is 133 cm³/mol. The zero-order valence-electron chi connectivity index (χ0n) is 16.0. The zero-order valence-corrected chi connectivity index (χ0v) is 21.6. The fourth-order valence-electron chi connectivity index (χ4n) is 2.86. The summed E-state index contributed by atoms with van der Waals surface area (Å²) in [4.78, 5) is 6.64. The van der Waals surface area contributed by atoms with Crippen LogP contribution in [0.1, 0.15) is 20.3 Å². The van der Waals surface area contributed by atoms with E-state index in [4.69, 9.17) is 0 Å². The van der Waals surface area contributed by atoms with Gasteiger partial charge in [-0.1, -0.05) is 0 Å². The average molecular weight is 612 g/mol. The van der Waals surface area contributed by atoms with Crippen LogP contribution in [0.4, 0.5) is 5.69 Å². The molecule has 0 radical (unpaired) electrons. The van der Waals surface area contributed by atoms with Gasteiger partial charge in [-0.3, -0.25) is 0 Å². The molecule has 28 heavy (non-hydrogen) atoms. The SMILES string of the molecule is CCC(/C=C/I)=C\C=C1\[Se]c2ccccc2N1CC.c1ccc2[se]cnc2c1. The van der Waals surface area contributed by atoms with E-state index < -0.39 is 0 Å². The van der Waals surface area contributed by atoms with Gasteiger partial charge in [0.25, 0.3) is 0 Å². The molecule has 0 unspecified atom stereocenters. The Bertz CT molecular complexity index is 974. The molecule has 1 aliphatic rings. The van der Waals surface area contributed by atoms with Crippen molar-refractivity contribution in [2.75, 3.05) is 11.4 Å². The molecule has 0 bridgehead atoms. The van der Waals surface area contributed by atoms with Crippen molar-refractivity contribution in [1.82, 2.24) is 4.98 Å². The van der Waals surface area contributed by atoms with Crippen molar-refractivity contribution in [1.29, 1.82) is 0 Å². The van der Waals surface area contributed by atoms with Crippen LogP contribution >= 0.6 is 22.6 Å². The van der Waals surface area contributed by atoms with Gasteiger partial charge in [-0.2, -0.15) is 0 Å². The summed E-state index contributed by atoms with van der Waals surface area (Å²) in [5.41, 5.74) is 3.94. The quantitative estimate of drug-likeness (QED) is 0.227. The third-order valence-corrected chi connectivity index (χ3v) is 8.75. The second-order valence-electron chi connectivity index (χ2n) is 6.03. The minimum atomic E-state index is 0.440. The van der Waals surface area contributed by atoms with Gasteiger partial charge in [0.05, 0.1) is 0 Å². The molecule has 0 amide bonds. The van der Waals surface area contributed by atoms with Crippen LogP contribution in [0, 0.1) is 0 Å². The second kappa shape index (κ2) is 11.2. The van der Waals surface area contributed by atoms with Crippen LogP contribution in [0.3, 0.4) is 0 Å². The van der Waals surface area contributed by atoms with E-state index in [0.29, 0.717) is 29.5 Å². The predicted octanol–water partition coefficient (Wildman–Crippen LogP) is 5.27. The number of anilines is 1. The summed E-state index contributed by atoms with van der Waals surface area (Å²) >= 11 is 3.23. The fourth-order valence-corrected chi connectivity index (χ4v) is 7.11. The van der Waals surface area contributed by atoms with Crippen LogP contribution in [-0.4, -0.2) is 41.0 Å². The summed E-state index contributed by atoms with van der Waals surface area (Å²) in [6, 6.07) is 17.1. The Morgan fingerprint density at radius 1 is 1.11 bits per heavy atom. The molecule has 0 spiro atoms. The van der Waals surface area contributed by atoms with Crippen LogP contribution in [0.15, 0.2) is 86.1 Å².